The van der Waals surface area contributed by atoms with Crippen molar-refractivity contribution in [3.63, 3.8) is 0 Å². The topological polar surface area (TPSA) is 49.8 Å². The van der Waals surface area contributed by atoms with E-state index in [0.717, 1.165) is 44.9 Å². The molecule has 1 rings (SSSR count). The van der Waals surface area contributed by atoms with Crippen molar-refractivity contribution in [2.75, 3.05) is 0 Å². The SMILES string of the molecule is CC[C@@H]1O[C@@H]1CC=CCC=CCC=CCC=CCCCC(=O)O. The number of rotatable bonds is 13. The summed E-state index contributed by atoms with van der Waals surface area (Å²) in [5.41, 5.74) is 0. The molecule has 0 saturated carbocycles. The lowest BCUT2D eigenvalue weighted by molar-refractivity contribution is -0.137. The summed E-state index contributed by atoms with van der Waals surface area (Å²) < 4.78 is 5.48. The number of unbranched alkanes of at least 4 members (excludes halogenated alkanes) is 1. The zero-order valence-corrected chi connectivity index (χ0v) is 14.2. The first-order valence-electron chi connectivity index (χ1n) is 8.71. The molecule has 3 heteroatoms. The van der Waals surface area contributed by atoms with Gasteiger partial charge in [0, 0.05) is 6.42 Å². The van der Waals surface area contributed by atoms with Crippen molar-refractivity contribution < 1.29 is 14.6 Å². The van der Waals surface area contributed by atoms with Crippen LogP contribution >= 0.6 is 0 Å². The summed E-state index contributed by atoms with van der Waals surface area (Å²) in [6.45, 7) is 2.17. The van der Waals surface area contributed by atoms with Crippen molar-refractivity contribution in [1.82, 2.24) is 0 Å². The molecule has 128 valence electrons. The van der Waals surface area contributed by atoms with E-state index in [1.54, 1.807) is 0 Å². The Morgan fingerprint density at radius 3 is 2.00 bits per heavy atom. The lowest BCUT2D eigenvalue weighted by atomic mass is 10.2. The normalized spacial score (nSPS) is 21.3. The van der Waals surface area contributed by atoms with E-state index in [2.05, 4.69) is 55.5 Å². The average molecular weight is 318 g/mol. The number of ether oxygens (including phenoxy) is 1. The van der Waals surface area contributed by atoms with Crippen molar-refractivity contribution >= 4 is 5.97 Å². The Morgan fingerprint density at radius 1 is 0.913 bits per heavy atom. The molecule has 0 aromatic rings. The van der Waals surface area contributed by atoms with Crippen LogP contribution in [0.25, 0.3) is 0 Å². The molecule has 23 heavy (non-hydrogen) atoms. The van der Waals surface area contributed by atoms with Crippen LogP contribution in [0.3, 0.4) is 0 Å². The summed E-state index contributed by atoms with van der Waals surface area (Å²) in [7, 11) is 0. The highest BCUT2D eigenvalue weighted by Crippen LogP contribution is 2.28. The molecular weight excluding hydrogens is 288 g/mol. The van der Waals surface area contributed by atoms with E-state index >= 15 is 0 Å². The van der Waals surface area contributed by atoms with E-state index in [4.69, 9.17) is 9.84 Å². The van der Waals surface area contributed by atoms with E-state index < -0.39 is 5.97 Å². The number of carbonyl (C=O) groups is 1. The van der Waals surface area contributed by atoms with Crippen molar-refractivity contribution in [2.45, 2.75) is 70.5 Å². The van der Waals surface area contributed by atoms with Crippen molar-refractivity contribution in [2.24, 2.45) is 0 Å². The molecule has 0 aromatic carbocycles. The first kappa shape index (κ1) is 19.4. The third-order valence-corrected chi connectivity index (χ3v) is 3.70. The van der Waals surface area contributed by atoms with Crippen molar-refractivity contribution in [3.8, 4) is 0 Å². The third-order valence-electron chi connectivity index (χ3n) is 3.70. The number of hydrogen-bond acceptors (Lipinski definition) is 2. The quantitative estimate of drug-likeness (QED) is 0.288. The molecule has 1 aliphatic heterocycles. The second kappa shape index (κ2) is 12.9. The van der Waals surface area contributed by atoms with E-state index in [9.17, 15) is 4.79 Å². The predicted octanol–water partition coefficient (Wildman–Crippen LogP) is 5.20. The van der Waals surface area contributed by atoms with E-state index in [1.807, 2.05) is 0 Å². The van der Waals surface area contributed by atoms with Crippen LogP contribution in [-0.2, 0) is 9.53 Å². The second-order valence-electron chi connectivity index (χ2n) is 5.74. The molecular formula is C20H30O3. The number of carboxylic acids is 1. The van der Waals surface area contributed by atoms with Crippen molar-refractivity contribution in [3.05, 3.63) is 48.6 Å². The minimum absolute atomic E-state index is 0.256. The number of aliphatic carboxylic acids is 1. The van der Waals surface area contributed by atoms with Crippen LogP contribution in [0.4, 0.5) is 0 Å². The maximum Gasteiger partial charge on any atom is 0.303 e. The number of epoxide rings is 1. The molecule has 1 aliphatic rings. The first-order valence-corrected chi connectivity index (χ1v) is 8.71. The maximum absolute atomic E-state index is 10.3. The first-order chi connectivity index (χ1) is 11.2. The van der Waals surface area contributed by atoms with Crippen LogP contribution in [0.5, 0.6) is 0 Å². The standard InChI is InChI=1S/C20H30O3/c1-2-18-19(23-18)16-14-12-10-8-6-4-3-5-7-9-11-13-15-17-20(21)22/h3,5-6,8-9,11-12,14,18-19H,2,4,7,10,13,15-17H2,1H3,(H,21,22)/t18-,19+/m0/s1. The number of carboxylic acid groups (broad SMARTS) is 1. The Bertz CT molecular complexity index is 432. The molecule has 1 N–H and O–H groups in total. The zero-order chi connectivity index (χ0) is 16.8. The van der Waals surface area contributed by atoms with Gasteiger partial charge in [-0.2, -0.15) is 0 Å². The van der Waals surface area contributed by atoms with Crippen molar-refractivity contribution in [1.29, 1.82) is 0 Å². The predicted molar refractivity (Wildman–Crippen MR) is 95.5 cm³/mol. The molecule has 3 nitrogen and oxygen atoms in total. The van der Waals surface area contributed by atoms with Gasteiger partial charge >= 0.3 is 5.97 Å². The van der Waals surface area contributed by atoms with Crippen LogP contribution in [0.1, 0.15) is 58.3 Å². The monoisotopic (exact) mass is 318 g/mol. The van der Waals surface area contributed by atoms with Crippen LogP contribution < -0.4 is 0 Å². The van der Waals surface area contributed by atoms with Crippen LogP contribution in [0.2, 0.25) is 0 Å². The Hall–Kier alpha value is -1.61. The molecule has 0 bridgehead atoms. The van der Waals surface area contributed by atoms with Gasteiger partial charge in [-0.15, -0.1) is 0 Å². The second-order valence-corrected chi connectivity index (χ2v) is 5.74. The Balaban J connectivity index is 1.90. The summed E-state index contributed by atoms with van der Waals surface area (Å²) in [6, 6.07) is 0. The summed E-state index contributed by atoms with van der Waals surface area (Å²) in [5, 5.41) is 8.50. The van der Waals surface area contributed by atoms with Gasteiger partial charge in [0.1, 0.15) is 0 Å². The number of hydrogen-bond donors (Lipinski definition) is 1. The maximum atomic E-state index is 10.3. The molecule has 0 spiro atoms. The van der Waals surface area contributed by atoms with E-state index in [0.29, 0.717) is 12.2 Å². The fourth-order valence-electron chi connectivity index (χ4n) is 2.28. The van der Waals surface area contributed by atoms with Gasteiger partial charge in [-0.1, -0.05) is 55.5 Å². The molecule has 1 saturated heterocycles. The fraction of sp³-hybridized carbons (Fsp3) is 0.550. The largest absolute Gasteiger partial charge is 0.481 e. The van der Waals surface area contributed by atoms with Crippen LogP contribution in [0, 0.1) is 0 Å². The summed E-state index contributed by atoms with van der Waals surface area (Å²) >= 11 is 0. The van der Waals surface area contributed by atoms with Gasteiger partial charge < -0.3 is 9.84 Å². The summed E-state index contributed by atoms with van der Waals surface area (Å²) in [5.74, 6) is -0.717. The van der Waals surface area contributed by atoms with Gasteiger partial charge in [0.15, 0.2) is 0 Å². The summed E-state index contributed by atoms with van der Waals surface area (Å²) in [4.78, 5) is 10.3. The molecule has 0 aliphatic carbocycles. The van der Waals surface area contributed by atoms with Crippen LogP contribution in [-0.4, -0.2) is 23.3 Å². The molecule has 0 unspecified atom stereocenters. The molecule has 2 atom stereocenters. The Kier molecular flexibility index (Phi) is 10.9. The summed E-state index contributed by atoms with van der Waals surface area (Å²) in [6.07, 6.45) is 25.1. The Labute approximate surface area is 140 Å². The fourth-order valence-corrected chi connectivity index (χ4v) is 2.28. The minimum atomic E-state index is -0.717. The van der Waals surface area contributed by atoms with Gasteiger partial charge in [0.05, 0.1) is 12.2 Å². The van der Waals surface area contributed by atoms with E-state index in [1.165, 1.54) is 0 Å². The van der Waals surface area contributed by atoms with Crippen LogP contribution in [0.15, 0.2) is 48.6 Å². The lowest BCUT2D eigenvalue weighted by Gasteiger charge is -1.90. The third kappa shape index (κ3) is 11.6. The number of allylic oxidation sites excluding steroid dienone is 7. The molecule has 0 aromatic heterocycles. The molecule has 0 radical (unpaired) electrons. The molecule has 1 fully saturated rings. The smallest absolute Gasteiger partial charge is 0.303 e. The van der Waals surface area contributed by atoms with Gasteiger partial charge in [0.2, 0.25) is 0 Å². The van der Waals surface area contributed by atoms with Gasteiger partial charge in [-0.25, -0.2) is 0 Å². The highest BCUT2D eigenvalue weighted by molar-refractivity contribution is 5.66. The van der Waals surface area contributed by atoms with Gasteiger partial charge in [0.25, 0.3) is 0 Å². The Morgan fingerprint density at radius 2 is 1.48 bits per heavy atom. The van der Waals surface area contributed by atoms with Gasteiger partial charge in [-0.3, -0.25) is 4.79 Å². The average Bonchev–Trinajstić information content (AvgIpc) is 3.29. The lowest BCUT2D eigenvalue weighted by Crippen LogP contribution is -1.92. The highest BCUT2D eigenvalue weighted by atomic mass is 16.6. The molecule has 0 amide bonds. The molecule has 1 heterocycles. The minimum Gasteiger partial charge on any atom is -0.481 e. The van der Waals surface area contributed by atoms with E-state index in [-0.39, 0.29) is 6.42 Å². The highest BCUT2D eigenvalue weighted by Gasteiger charge is 2.35. The van der Waals surface area contributed by atoms with Gasteiger partial charge in [-0.05, 0) is 44.9 Å². The zero-order valence-electron chi connectivity index (χ0n) is 14.2.